The molecule has 1 rings (SSSR count). The summed E-state index contributed by atoms with van der Waals surface area (Å²) >= 11 is 6.19. The Morgan fingerprint density at radius 1 is 1.30 bits per heavy atom. The van der Waals surface area contributed by atoms with Crippen molar-refractivity contribution in [2.24, 2.45) is 0 Å². The van der Waals surface area contributed by atoms with E-state index < -0.39 is 27.4 Å². The maximum atomic E-state index is 14.0. The van der Waals surface area contributed by atoms with Gasteiger partial charge in [0.15, 0.2) is 10.8 Å². The van der Waals surface area contributed by atoms with Crippen molar-refractivity contribution in [1.29, 1.82) is 0 Å². The number of aryl methyl sites for hydroxylation is 1. The van der Waals surface area contributed by atoms with E-state index >= 15 is 0 Å². The largest absolute Gasteiger partial charge is 0.328 e. The third-order valence-electron chi connectivity index (χ3n) is 2.04. The van der Waals surface area contributed by atoms with E-state index in [1.54, 1.807) is 0 Å². The number of hydrogen-bond acceptors (Lipinski definition) is 3. The van der Waals surface area contributed by atoms with Gasteiger partial charge >= 0.3 is 5.92 Å². The standard InChI is InChI=1S/C11H10ClF3N2S.C3H8.C2H6/c1-4-7(9(13)8(12)5-2)11(14,15)10-17-16-6(3)18-10;1-3-2;1-2/h4-5H,1H2,2-3H3;3H2,1-2H3;1-2H3/b8-5+,9-7-;;. The molecule has 23 heavy (non-hydrogen) atoms. The number of alkyl halides is 2. The normalized spacial score (nSPS) is 12.3. The summed E-state index contributed by atoms with van der Waals surface area (Å²) in [5, 5.41) is 6.19. The molecule has 0 fully saturated rings. The molecule has 0 bridgehead atoms. The zero-order valence-electron chi connectivity index (χ0n) is 14.4. The topological polar surface area (TPSA) is 25.8 Å². The van der Waals surface area contributed by atoms with Crippen LogP contribution in [0.25, 0.3) is 0 Å². The first kappa shape index (κ1) is 24.1. The minimum absolute atomic E-state index is 0.366. The summed E-state index contributed by atoms with van der Waals surface area (Å²) < 4.78 is 41.8. The Balaban J connectivity index is 0. The summed E-state index contributed by atoms with van der Waals surface area (Å²) in [5.74, 6) is -4.83. The number of allylic oxidation sites excluding steroid dienone is 5. The Kier molecular flexibility index (Phi) is 12.9. The Morgan fingerprint density at radius 2 is 1.78 bits per heavy atom. The van der Waals surface area contributed by atoms with Gasteiger partial charge in [-0.05, 0) is 13.8 Å². The van der Waals surface area contributed by atoms with Crippen molar-refractivity contribution in [3.63, 3.8) is 0 Å². The first-order chi connectivity index (χ1) is 10.8. The molecule has 0 spiro atoms. The van der Waals surface area contributed by atoms with Crippen LogP contribution in [0.2, 0.25) is 0 Å². The number of halogens is 4. The van der Waals surface area contributed by atoms with E-state index in [4.69, 9.17) is 11.6 Å². The Bertz CT molecular complexity index is 537. The van der Waals surface area contributed by atoms with Crippen molar-refractivity contribution < 1.29 is 13.2 Å². The minimum Gasteiger partial charge on any atom is -0.205 e. The Hall–Kier alpha value is -1.14. The van der Waals surface area contributed by atoms with Gasteiger partial charge in [0.25, 0.3) is 0 Å². The van der Waals surface area contributed by atoms with Crippen molar-refractivity contribution in [3.8, 4) is 0 Å². The lowest BCUT2D eigenvalue weighted by Crippen LogP contribution is -2.17. The first-order valence-electron chi connectivity index (χ1n) is 7.29. The van der Waals surface area contributed by atoms with Crippen LogP contribution in [0.3, 0.4) is 0 Å². The maximum Gasteiger partial charge on any atom is 0.328 e. The van der Waals surface area contributed by atoms with Crippen LogP contribution >= 0.6 is 22.9 Å². The molecule has 0 aliphatic heterocycles. The summed E-state index contributed by atoms with van der Waals surface area (Å²) in [7, 11) is 0. The van der Waals surface area contributed by atoms with Gasteiger partial charge in [0.05, 0.1) is 10.6 Å². The zero-order chi connectivity index (χ0) is 18.6. The van der Waals surface area contributed by atoms with Gasteiger partial charge in [-0.25, -0.2) is 4.39 Å². The van der Waals surface area contributed by atoms with Gasteiger partial charge in [-0.2, -0.15) is 8.78 Å². The lowest BCUT2D eigenvalue weighted by Gasteiger charge is -2.15. The SMILES string of the molecule is C=C/C(=C(F)\C(Cl)=C/C)C(F)(F)c1nnc(C)s1.CC.CCC. The van der Waals surface area contributed by atoms with E-state index in [2.05, 4.69) is 30.6 Å². The van der Waals surface area contributed by atoms with Crippen LogP contribution in [0.1, 0.15) is 51.1 Å². The van der Waals surface area contributed by atoms with Crippen LogP contribution in [0.5, 0.6) is 0 Å². The Morgan fingerprint density at radius 3 is 2.09 bits per heavy atom. The molecule has 7 heteroatoms. The summed E-state index contributed by atoms with van der Waals surface area (Å²) in [6.45, 7) is 14.4. The van der Waals surface area contributed by atoms with E-state index in [1.807, 2.05) is 13.8 Å². The van der Waals surface area contributed by atoms with Crippen molar-refractivity contribution in [2.45, 2.75) is 53.9 Å². The number of aromatic nitrogens is 2. The van der Waals surface area contributed by atoms with E-state index in [0.717, 1.165) is 6.08 Å². The molecule has 1 aromatic rings. The molecular weight excluding hydrogens is 345 g/mol. The molecule has 0 saturated heterocycles. The first-order valence-corrected chi connectivity index (χ1v) is 8.48. The molecule has 2 nitrogen and oxygen atoms in total. The van der Waals surface area contributed by atoms with Crippen LogP contribution in [0.4, 0.5) is 13.2 Å². The van der Waals surface area contributed by atoms with Crippen LogP contribution in [-0.2, 0) is 5.92 Å². The van der Waals surface area contributed by atoms with Crippen LogP contribution in [0.15, 0.2) is 35.2 Å². The predicted molar refractivity (Wildman–Crippen MR) is 93.8 cm³/mol. The molecule has 0 radical (unpaired) electrons. The van der Waals surface area contributed by atoms with Gasteiger partial charge in [-0.3, -0.25) is 0 Å². The average Bonchev–Trinajstić information content (AvgIpc) is 2.97. The minimum atomic E-state index is -3.61. The summed E-state index contributed by atoms with van der Waals surface area (Å²) in [6, 6.07) is 0. The van der Waals surface area contributed by atoms with Crippen LogP contribution < -0.4 is 0 Å². The third kappa shape index (κ3) is 7.31. The van der Waals surface area contributed by atoms with Crippen molar-refractivity contribution >= 4 is 22.9 Å². The fourth-order valence-corrected chi connectivity index (χ4v) is 1.93. The molecule has 0 aliphatic rings. The van der Waals surface area contributed by atoms with Crippen LogP contribution in [-0.4, -0.2) is 10.2 Å². The van der Waals surface area contributed by atoms with E-state index in [-0.39, 0.29) is 0 Å². The number of nitrogens with zero attached hydrogens (tertiary/aromatic N) is 2. The highest BCUT2D eigenvalue weighted by Gasteiger charge is 2.41. The van der Waals surface area contributed by atoms with E-state index in [1.165, 1.54) is 26.3 Å². The van der Waals surface area contributed by atoms with Gasteiger partial charge in [0.2, 0.25) is 0 Å². The quantitative estimate of drug-likeness (QED) is 0.538. The molecule has 0 saturated carbocycles. The second-order valence-corrected chi connectivity index (χ2v) is 5.56. The lowest BCUT2D eigenvalue weighted by molar-refractivity contribution is 0.0386. The molecule has 0 N–H and O–H groups in total. The fourth-order valence-electron chi connectivity index (χ4n) is 1.15. The van der Waals surface area contributed by atoms with Crippen molar-refractivity contribution in [3.05, 3.63) is 45.2 Å². The van der Waals surface area contributed by atoms with Gasteiger partial charge in [0.1, 0.15) is 5.01 Å². The van der Waals surface area contributed by atoms with Gasteiger partial charge in [-0.1, -0.05) is 75.8 Å². The molecular formula is C16H24ClF3N2S. The third-order valence-corrected chi connectivity index (χ3v) is 3.33. The van der Waals surface area contributed by atoms with Gasteiger partial charge < -0.3 is 0 Å². The molecule has 0 aliphatic carbocycles. The van der Waals surface area contributed by atoms with E-state index in [9.17, 15) is 13.2 Å². The fraction of sp³-hybridized carbons (Fsp3) is 0.500. The second-order valence-electron chi connectivity index (χ2n) is 3.98. The lowest BCUT2D eigenvalue weighted by atomic mass is 10.1. The Labute approximate surface area is 145 Å². The van der Waals surface area contributed by atoms with Gasteiger partial charge in [-0.15, -0.1) is 10.2 Å². The summed E-state index contributed by atoms with van der Waals surface area (Å²) in [6.07, 6.45) is 3.17. The summed E-state index contributed by atoms with van der Waals surface area (Å²) in [5.41, 5.74) is -0.915. The number of hydrogen-bond donors (Lipinski definition) is 0. The van der Waals surface area contributed by atoms with Crippen molar-refractivity contribution in [1.82, 2.24) is 10.2 Å². The molecule has 0 amide bonds. The average molecular weight is 369 g/mol. The predicted octanol–water partition coefficient (Wildman–Crippen LogP) is 6.93. The molecule has 0 atom stereocenters. The highest BCUT2D eigenvalue weighted by atomic mass is 35.5. The second kappa shape index (κ2) is 12.3. The molecule has 0 aromatic carbocycles. The smallest absolute Gasteiger partial charge is 0.205 e. The van der Waals surface area contributed by atoms with Crippen molar-refractivity contribution in [2.75, 3.05) is 0 Å². The molecule has 1 aromatic heterocycles. The molecule has 132 valence electrons. The molecule has 0 unspecified atom stereocenters. The number of rotatable bonds is 4. The highest BCUT2D eigenvalue weighted by Crippen LogP contribution is 2.41. The maximum absolute atomic E-state index is 14.0. The molecule has 1 heterocycles. The van der Waals surface area contributed by atoms with Gasteiger partial charge in [0, 0.05) is 0 Å². The van der Waals surface area contributed by atoms with E-state index in [0.29, 0.717) is 16.3 Å². The highest BCUT2D eigenvalue weighted by molar-refractivity contribution is 7.11. The monoisotopic (exact) mass is 368 g/mol. The van der Waals surface area contributed by atoms with Crippen LogP contribution in [0, 0.1) is 6.92 Å². The zero-order valence-corrected chi connectivity index (χ0v) is 16.0. The summed E-state index contributed by atoms with van der Waals surface area (Å²) in [4.78, 5) is 0.